The molecule has 0 spiro atoms. The summed E-state index contributed by atoms with van der Waals surface area (Å²) in [5, 5.41) is 7.19. The van der Waals surface area contributed by atoms with Crippen molar-refractivity contribution in [1.82, 2.24) is 15.0 Å². The summed E-state index contributed by atoms with van der Waals surface area (Å²) in [7, 11) is 1.57. The van der Waals surface area contributed by atoms with E-state index in [0.717, 1.165) is 12.3 Å². The van der Waals surface area contributed by atoms with E-state index in [9.17, 15) is 0 Å². The first kappa shape index (κ1) is 15.2. The number of anilines is 2. The maximum atomic E-state index is 5.13. The minimum atomic E-state index is 0.344. The number of thioether (sulfide) groups is 1. The summed E-state index contributed by atoms with van der Waals surface area (Å²) in [6, 6.07) is 0.776. The molecule has 6 nitrogen and oxygen atoms in total. The van der Waals surface area contributed by atoms with Crippen LogP contribution < -0.4 is 15.4 Å². The summed E-state index contributed by atoms with van der Waals surface area (Å²) in [6.07, 6.45) is 3.69. The zero-order chi connectivity index (χ0) is 14.4. The Hall–Kier alpha value is -1.24. The molecular formula is C13H23N5OS. The number of aromatic nitrogens is 3. The van der Waals surface area contributed by atoms with Crippen molar-refractivity contribution in [2.75, 3.05) is 30.0 Å². The van der Waals surface area contributed by atoms with Gasteiger partial charge in [-0.3, -0.25) is 0 Å². The van der Waals surface area contributed by atoms with E-state index >= 15 is 0 Å². The minimum absolute atomic E-state index is 0.344. The average molecular weight is 297 g/mol. The molecule has 2 N–H and O–H groups in total. The molecule has 0 amide bonds. The molecule has 112 valence electrons. The first-order valence-corrected chi connectivity index (χ1v) is 8.23. The molecular weight excluding hydrogens is 274 g/mol. The number of nitrogens with zero attached hydrogens (tertiary/aromatic N) is 3. The molecule has 1 heterocycles. The van der Waals surface area contributed by atoms with Crippen LogP contribution in [-0.2, 0) is 0 Å². The molecule has 20 heavy (non-hydrogen) atoms. The van der Waals surface area contributed by atoms with Crippen LogP contribution in [-0.4, -0.2) is 45.7 Å². The molecule has 1 saturated carbocycles. The lowest BCUT2D eigenvalue weighted by Crippen LogP contribution is -2.27. The quantitative estimate of drug-likeness (QED) is 0.800. The lowest BCUT2D eigenvalue weighted by molar-refractivity contribution is 0.379. The highest BCUT2D eigenvalue weighted by Crippen LogP contribution is 2.31. The van der Waals surface area contributed by atoms with Gasteiger partial charge in [-0.2, -0.15) is 26.7 Å². The first-order chi connectivity index (χ1) is 9.76. The minimum Gasteiger partial charge on any atom is -0.467 e. The van der Waals surface area contributed by atoms with E-state index in [1.54, 1.807) is 7.11 Å². The van der Waals surface area contributed by atoms with Crippen LogP contribution >= 0.6 is 11.8 Å². The normalized spacial score (nSPS) is 21.8. The van der Waals surface area contributed by atoms with E-state index in [1.165, 1.54) is 19.3 Å². The number of rotatable bonds is 7. The fourth-order valence-electron chi connectivity index (χ4n) is 2.42. The zero-order valence-corrected chi connectivity index (χ0v) is 13.2. The first-order valence-electron chi connectivity index (χ1n) is 7.18. The summed E-state index contributed by atoms with van der Waals surface area (Å²) in [4.78, 5) is 12.9. The highest BCUT2D eigenvalue weighted by molar-refractivity contribution is 7.99. The van der Waals surface area contributed by atoms with Gasteiger partial charge in [-0.15, -0.1) is 0 Å². The lowest BCUT2D eigenvalue weighted by Gasteiger charge is -2.20. The SMILES string of the molecule is CCNc1nc(NC2CCCC2SCC)nc(OC)n1. The van der Waals surface area contributed by atoms with Crippen LogP contribution in [0.15, 0.2) is 0 Å². The smallest absolute Gasteiger partial charge is 0.322 e. The van der Waals surface area contributed by atoms with E-state index in [4.69, 9.17) is 4.74 Å². The van der Waals surface area contributed by atoms with Gasteiger partial charge in [-0.05, 0) is 25.5 Å². The van der Waals surface area contributed by atoms with Gasteiger partial charge in [-0.1, -0.05) is 13.3 Å². The van der Waals surface area contributed by atoms with Crippen molar-refractivity contribution < 1.29 is 4.74 Å². The summed E-state index contributed by atoms with van der Waals surface area (Å²) >= 11 is 2.01. The van der Waals surface area contributed by atoms with Gasteiger partial charge in [0.2, 0.25) is 11.9 Å². The van der Waals surface area contributed by atoms with Crippen molar-refractivity contribution in [2.24, 2.45) is 0 Å². The maximum absolute atomic E-state index is 5.13. The van der Waals surface area contributed by atoms with E-state index in [-0.39, 0.29) is 0 Å². The van der Waals surface area contributed by atoms with Gasteiger partial charge in [0.15, 0.2) is 0 Å². The molecule has 0 bridgehead atoms. The van der Waals surface area contributed by atoms with E-state index in [2.05, 4.69) is 32.5 Å². The van der Waals surface area contributed by atoms with Crippen molar-refractivity contribution in [3.8, 4) is 6.01 Å². The fourth-order valence-corrected chi connectivity index (χ4v) is 3.62. The van der Waals surface area contributed by atoms with E-state index in [1.807, 2.05) is 18.7 Å². The summed E-state index contributed by atoms with van der Waals surface area (Å²) in [6.45, 7) is 4.98. The molecule has 0 radical (unpaired) electrons. The Kier molecular flexibility index (Phi) is 5.70. The Balaban J connectivity index is 2.09. The van der Waals surface area contributed by atoms with Gasteiger partial charge in [0.1, 0.15) is 0 Å². The second kappa shape index (κ2) is 7.52. The van der Waals surface area contributed by atoms with Crippen LogP contribution in [0.1, 0.15) is 33.1 Å². The summed E-state index contributed by atoms with van der Waals surface area (Å²) in [5.74, 6) is 2.30. The lowest BCUT2D eigenvalue weighted by atomic mass is 10.2. The fraction of sp³-hybridized carbons (Fsp3) is 0.769. The van der Waals surface area contributed by atoms with Gasteiger partial charge in [0.25, 0.3) is 0 Å². The third-order valence-electron chi connectivity index (χ3n) is 3.28. The van der Waals surface area contributed by atoms with Gasteiger partial charge >= 0.3 is 6.01 Å². The molecule has 2 rings (SSSR count). The molecule has 1 aromatic heterocycles. The Morgan fingerprint density at radius 2 is 2.00 bits per heavy atom. The van der Waals surface area contributed by atoms with E-state index in [0.29, 0.717) is 29.2 Å². The third-order valence-corrected chi connectivity index (χ3v) is 4.61. The molecule has 7 heteroatoms. The van der Waals surface area contributed by atoms with Gasteiger partial charge in [0, 0.05) is 17.8 Å². The standard InChI is InChI=1S/C13H23N5OS/c1-4-14-11-16-12(18-13(17-11)19-3)15-9-7-6-8-10(9)20-5-2/h9-10H,4-8H2,1-3H3,(H2,14,15,16,17,18). The Morgan fingerprint density at radius 1 is 1.20 bits per heavy atom. The zero-order valence-electron chi connectivity index (χ0n) is 12.3. The van der Waals surface area contributed by atoms with Crippen molar-refractivity contribution in [3.05, 3.63) is 0 Å². The third kappa shape index (κ3) is 3.88. The monoisotopic (exact) mass is 297 g/mol. The topological polar surface area (TPSA) is 72.0 Å². The van der Waals surface area contributed by atoms with Gasteiger partial charge in [-0.25, -0.2) is 0 Å². The van der Waals surface area contributed by atoms with Crippen LogP contribution in [0, 0.1) is 0 Å². The predicted octanol–water partition coefficient (Wildman–Crippen LogP) is 2.40. The summed E-state index contributed by atoms with van der Waals surface area (Å²) in [5.41, 5.74) is 0. The van der Waals surface area contributed by atoms with Crippen LogP contribution in [0.5, 0.6) is 6.01 Å². The van der Waals surface area contributed by atoms with Gasteiger partial charge in [0.05, 0.1) is 7.11 Å². The Bertz CT molecular complexity index is 431. The molecule has 2 atom stereocenters. The van der Waals surface area contributed by atoms with Crippen LogP contribution in [0.4, 0.5) is 11.9 Å². The van der Waals surface area contributed by atoms with Crippen LogP contribution in [0.3, 0.4) is 0 Å². The van der Waals surface area contributed by atoms with E-state index < -0.39 is 0 Å². The number of methoxy groups -OCH3 is 1. The van der Waals surface area contributed by atoms with Crippen LogP contribution in [0.25, 0.3) is 0 Å². The Morgan fingerprint density at radius 3 is 2.70 bits per heavy atom. The molecule has 0 saturated heterocycles. The largest absolute Gasteiger partial charge is 0.467 e. The maximum Gasteiger partial charge on any atom is 0.322 e. The van der Waals surface area contributed by atoms with Crippen molar-refractivity contribution in [2.45, 2.75) is 44.4 Å². The molecule has 0 aliphatic heterocycles. The molecule has 1 aliphatic rings. The number of ether oxygens (including phenoxy) is 1. The molecule has 1 fully saturated rings. The number of hydrogen-bond acceptors (Lipinski definition) is 7. The Labute approximate surface area is 124 Å². The highest BCUT2D eigenvalue weighted by Gasteiger charge is 2.27. The number of nitrogens with one attached hydrogen (secondary N) is 2. The highest BCUT2D eigenvalue weighted by atomic mass is 32.2. The van der Waals surface area contributed by atoms with Crippen molar-refractivity contribution >= 4 is 23.7 Å². The average Bonchev–Trinajstić information content (AvgIpc) is 2.86. The van der Waals surface area contributed by atoms with Crippen molar-refractivity contribution in [1.29, 1.82) is 0 Å². The van der Waals surface area contributed by atoms with Gasteiger partial charge < -0.3 is 15.4 Å². The molecule has 1 aromatic rings. The molecule has 0 aromatic carbocycles. The second-order valence-corrected chi connectivity index (χ2v) is 6.19. The summed E-state index contributed by atoms with van der Waals surface area (Å²) < 4.78 is 5.13. The number of hydrogen-bond donors (Lipinski definition) is 2. The molecule has 1 aliphatic carbocycles. The van der Waals surface area contributed by atoms with Crippen LogP contribution in [0.2, 0.25) is 0 Å². The second-order valence-electron chi connectivity index (χ2n) is 4.68. The van der Waals surface area contributed by atoms with Crippen molar-refractivity contribution in [3.63, 3.8) is 0 Å². The molecule has 2 unspecified atom stereocenters. The predicted molar refractivity (Wildman–Crippen MR) is 83.7 cm³/mol.